The molecule has 0 spiro atoms. The third-order valence-corrected chi connectivity index (χ3v) is 6.23. The van der Waals surface area contributed by atoms with Crippen molar-refractivity contribution in [2.75, 3.05) is 44.4 Å². The van der Waals surface area contributed by atoms with Gasteiger partial charge in [-0.25, -0.2) is 21.1 Å². The molecule has 27 heavy (non-hydrogen) atoms. The van der Waals surface area contributed by atoms with Crippen LogP contribution in [0.4, 0.5) is 5.69 Å². The van der Waals surface area contributed by atoms with E-state index < -0.39 is 26.2 Å². The molecule has 0 aromatic heterocycles. The van der Waals surface area contributed by atoms with E-state index >= 15 is 0 Å². The molecular weight excluding hydrogens is 394 g/mol. The van der Waals surface area contributed by atoms with E-state index in [1.54, 1.807) is 19.2 Å². The van der Waals surface area contributed by atoms with Crippen molar-refractivity contribution in [3.05, 3.63) is 23.8 Å². The summed E-state index contributed by atoms with van der Waals surface area (Å²) in [5.74, 6) is -0.398. The van der Waals surface area contributed by atoms with Gasteiger partial charge in [-0.1, -0.05) is 13.0 Å². The summed E-state index contributed by atoms with van der Waals surface area (Å²) in [6.07, 6.45) is 1.52. The second-order valence-electron chi connectivity index (χ2n) is 6.92. The first-order valence-corrected chi connectivity index (χ1v) is 12.0. The summed E-state index contributed by atoms with van der Waals surface area (Å²) in [6, 6.07) is 4.61. The van der Waals surface area contributed by atoms with Gasteiger partial charge in [0, 0.05) is 26.6 Å². The summed E-state index contributed by atoms with van der Waals surface area (Å²) in [4.78, 5) is 14.2. The zero-order valence-corrected chi connectivity index (χ0v) is 17.6. The Morgan fingerprint density at radius 2 is 1.89 bits per heavy atom. The van der Waals surface area contributed by atoms with Crippen LogP contribution in [0.2, 0.25) is 0 Å². The van der Waals surface area contributed by atoms with Crippen LogP contribution in [0.15, 0.2) is 18.2 Å². The molecule has 0 aliphatic carbocycles. The Bertz CT molecular complexity index is 929. The molecule has 1 heterocycles. The van der Waals surface area contributed by atoms with Crippen LogP contribution in [0, 0.1) is 5.92 Å². The van der Waals surface area contributed by atoms with E-state index in [0.29, 0.717) is 6.54 Å². The van der Waals surface area contributed by atoms with E-state index in [4.69, 9.17) is 4.74 Å². The van der Waals surface area contributed by atoms with Crippen LogP contribution < -0.4 is 9.46 Å². The Balaban J connectivity index is 2.53. The Hall–Kier alpha value is -1.85. The largest absolute Gasteiger partial charge is 0.486 e. The van der Waals surface area contributed by atoms with Gasteiger partial charge >= 0.3 is 0 Å². The molecule has 2 rings (SSSR count). The van der Waals surface area contributed by atoms with Gasteiger partial charge in [-0.3, -0.25) is 9.52 Å². The fourth-order valence-corrected chi connectivity index (χ4v) is 3.80. The van der Waals surface area contributed by atoms with E-state index in [1.165, 1.54) is 22.3 Å². The van der Waals surface area contributed by atoms with Crippen LogP contribution >= 0.6 is 0 Å². The zero-order valence-electron chi connectivity index (χ0n) is 16.0. The number of nitrogens with one attached hydrogen (secondary N) is 1. The number of fused-ring (bicyclic) bond motifs is 1. The number of carbonyl (C=O) groups is 1. The summed E-state index contributed by atoms with van der Waals surface area (Å²) in [6.45, 7) is 2.28. The average Bonchev–Trinajstić information content (AvgIpc) is 2.51. The highest BCUT2D eigenvalue weighted by molar-refractivity contribution is 7.92. The molecule has 152 valence electrons. The maximum Gasteiger partial charge on any atom is 0.257 e. The van der Waals surface area contributed by atoms with Crippen LogP contribution in [0.5, 0.6) is 5.75 Å². The summed E-state index contributed by atoms with van der Waals surface area (Å²) < 4.78 is 56.5. The number of para-hydroxylation sites is 1. The number of carbonyl (C=O) groups excluding carboxylic acids is 1. The molecule has 9 nitrogen and oxygen atoms in total. The number of hydrogen-bond donors (Lipinski definition) is 1. The summed E-state index contributed by atoms with van der Waals surface area (Å²) in [5.41, 5.74) is 0.350. The maximum absolute atomic E-state index is 12.7. The third-order valence-electron chi connectivity index (χ3n) is 4.36. The van der Waals surface area contributed by atoms with Crippen molar-refractivity contribution < 1.29 is 26.4 Å². The van der Waals surface area contributed by atoms with Gasteiger partial charge < -0.3 is 9.64 Å². The van der Waals surface area contributed by atoms with E-state index in [-0.39, 0.29) is 35.4 Å². The summed E-state index contributed by atoms with van der Waals surface area (Å²) in [5, 5.41) is 0. The number of anilines is 1. The Morgan fingerprint density at radius 3 is 2.44 bits per heavy atom. The molecular formula is C16H25N3O6S2. The Labute approximate surface area is 160 Å². The summed E-state index contributed by atoms with van der Waals surface area (Å²) in [7, 11) is -3.94. The van der Waals surface area contributed by atoms with Crippen LogP contribution in [-0.4, -0.2) is 77.7 Å². The lowest BCUT2D eigenvalue weighted by Gasteiger charge is -2.34. The van der Waals surface area contributed by atoms with Crippen molar-refractivity contribution in [3.63, 3.8) is 0 Å². The molecule has 1 N–H and O–H groups in total. The summed E-state index contributed by atoms with van der Waals surface area (Å²) >= 11 is 0. The van der Waals surface area contributed by atoms with Crippen molar-refractivity contribution in [1.82, 2.24) is 9.21 Å². The second kappa shape index (κ2) is 7.64. The van der Waals surface area contributed by atoms with Crippen LogP contribution in [0.1, 0.15) is 17.3 Å². The normalized spacial score (nSPS) is 21.3. The lowest BCUT2D eigenvalue weighted by molar-refractivity contribution is 0.0607. The van der Waals surface area contributed by atoms with Gasteiger partial charge in [-0.2, -0.15) is 0 Å². The first-order chi connectivity index (χ1) is 12.3. The lowest BCUT2D eigenvalue weighted by Crippen LogP contribution is -2.46. The topological polar surface area (TPSA) is 113 Å². The van der Waals surface area contributed by atoms with Gasteiger partial charge in [-0.05, 0) is 12.1 Å². The van der Waals surface area contributed by atoms with Gasteiger partial charge in [0.05, 0.1) is 30.3 Å². The van der Waals surface area contributed by atoms with Gasteiger partial charge in [0.25, 0.3) is 5.91 Å². The number of amides is 1. The van der Waals surface area contributed by atoms with Gasteiger partial charge in [-0.15, -0.1) is 0 Å². The molecule has 0 unspecified atom stereocenters. The number of ether oxygens (including phenoxy) is 1. The van der Waals surface area contributed by atoms with Crippen molar-refractivity contribution >= 4 is 31.6 Å². The van der Waals surface area contributed by atoms with Crippen LogP contribution in [-0.2, 0) is 20.0 Å². The molecule has 1 aromatic carbocycles. The second-order valence-corrected chi connectivity index (χ2v) is 10.8. The van der Waals surface area contributed by atoms with Crippen molar-refractivity contribution in [3.8, 4) is 5.75 Å². The van der Waals surface area contributed by atoms with E-state index in [9.17, 15) is 21.6 Å². The standard InChI is InChI=1S/C16H25N3O6S2/c1-11-9-18(2)16(20)12-7-6-8-13(17-26(4,21)22)15(12)25-14(11)10-19(3)27(5,23)24/h6-8,11,14,17H,9-10H2,1-5H3/t11-,14-/m0/s1. The minimum Gasteiger partial charge on any atom is -0.486 e. The molecule has 0 radical (unpaired) electrons. The number of rotatable bonds is 5. The molecule has 1 amide bonds. The molecule has 1 aliphatic heterocycles. The highest BCUT2D eigenvalue weighted by Gasteiger charge is 2.32. The number of benzene rings is 1. The minimum atomic E-state index is -3.60. The monoisotopic (exact) mass is 419 g/mol. The smallest absolute Gasteiger partial charge is 0.257 e. The highest BCUT2D eigenvalue weighted by Crippen LogP contribution is 2.34. The lowest BCUT2D eigenvalue weighted by atomic mass is 10.0. The molecule has 0 saturated heterocycles. The number of nitrogens with zero attached hydrogens (tertiary/aromatic N) is 2. The fourth-order valence-electron chi connectivity index (χ4n) is 2.82. The minimum absolute atomic E-state index is 0.0642. The average molecular weight is 420 g/mol. The predicted octanol–water partition coefficient (Wildman–Crippen LogP) is 0.419. The fraction of sp³-hybridized carbons (Fsp3) is 0.562. The molecule has 1 aromatic rings. The number of hydrogen-bond acceptors (Lipinski definition) is 6. The Morgan fingerprint density at radius 1 is 1.26 bits per heavy atom. The third kappa shape index (κ3) is 5.33. The van der Waals surface area contributed by atoms with Crippen LogP contribution in [0.3, 0.4) is 0 Å². The van der Waals surface area contributed by atoms with Crippen molar-refractivity contribution in [1.29, 1.82) is 0 Å². The number of likely N-dealkylation sites (N-methyl/N-ethyl adjacent to an activating group) is 1. The molecule has 0 saturated carbocycles. The molecule has 2 atom stereocenters. The highest BCUT2D eigenvalue weighted by atomic mass is 32.2. The number of sulfonamides is 2. The maximum atomic E-state index is 12.7. The predicted molar refractivity (Wildman–Crippen MR) is 103 cm³/mol. The zero-order chi connectivity index (χ0) is 20.6. The van der Waals surface area contributed by atoms with Gasteiger partial charge in [0.15, 0.2) is 5.75 Å². The van der Waals surface area contributed by atoms with Gasteiger partial charge in [0.1, 0.15) is 6.10 Å². The van der Waals surface area contributed by atoms with Gasteiger partial charge in [0.2, 0.25) is 20.0 Å². The first-order valence-electron chi connectivity index (χ1n) is 8.24. The van der Waals surface area contributed by atoms with E-state index in [2.05, 4.69) is 4.72 Å². The molecule has 11 heteroatoms. The van der Waals surface area contributed by atoms with Crippen molar-refractivity contribution in [2.24, 2.45) is 5.92 Å². The van der Waals surface area contributed by atoms with E-state index in [1.807, 2.05) is 6.92 Å². The van der Waals surface area contributed by atoms with Crippen molar-refractivity contribution in [2.45, 2.75) is 13.0 Å². The molecule has 0 bridgehead atoms. The Kier molecular flexibility index (Phi) is 6.07. The van der Waals surface area contributed by atoms with E-state index in [0.717, 1.165) is 12.5 Å². The quantitative estimate of drug-likeness (QED) is 0.740. The molecule has 1 aliphatic rings. The SMILES string of the molecule is C[C@H]1CN(C)C(=O)c2cccc(NS(C)(=O)=O)c2O[C@H]1CN(C)S(C)(=O)=O. The molecule has 0 fully saturated rings. The van der Waals surface area contributed by atoms with Crippen LogP contribution in [0.25, 0.3) is 0 Å². The first kappa shape index (κ1) is 21.5.